The molecule has 4 aromatic rings. The Balaban J connectivity index is 1.23. The molecule has 9 nitrogen and oxygen atoms in total. The van der Waals surface area contributed by atoms with E-state index in [9.17, 15) is 4.79 Å². The molecule has 1 amide bonds. The van der Waals surface area contributed by atoms with Gasteiger partial charge in [-0.1, -0.05) is 17.7 Å². The summed E-state index contributed by atoms with van der Waals surface area (Å²) in [6.07, 6.45) is 5.05. The summed E-state index contributed by atoms with van der Waals surface area (Å²) in [6, 6.07) is 13.8. The molecular formula is C27H30N6O3. The second kappa shape index (κ2) is 10.2. The number of carbonyl (C=O) groups excluding carboxylic acids is 1. The molecule has 3 heterocycles. The monoisotopic (exact) mass is 486 g/mol. The van der Waals surface area contributed by atoms with Crippen LogP contribution in [0.4, 0.5) is 5.82 Å². The van der Waals surface area contributed by atoms with Crippen LogP contribution in [0.25, 0.3) is 16.7 Å². The molecule has 1 saturated heterocycles. The van der Waals surface area contributed by atoms with Gasteiger partial charge in [-0.15, -0.1) is 5.10 Å². The Morgan fingerprint density at radius 1 is 1.03 bits per heavy atom. The van der Waals surface area contributed by atoms with Crippen molar-refractivity contribution in [1.29, 1.82) is 0 Å². The van der Waals surface area contributed by atoms with Crippen LogP contribution < -0.4 is 19.7 Å². The summed E-state index contributed by atoms with van der Waals surface area (Å²) in [4.78, 5) is 24.1. The molecule has 0 spiro atoms. The van der Waals surface area contributed by atoms with Crippen LogP contribution in [-0.2, 0) is 11.3 Å². The normalized spacial score (nSPS) is 14.1. The summed E-state index contributed by atoms with van der Waals surface area (Å²) in [7, 11) is 3.23. The van der Waals surface area contributed by atoms with Gasteiger partial charge >= 0.3 is 0 Å². The number of anilines is 1. The topological polar surface area (TPSA) is 94.4 Å². The quantitative estimate of drug-likeness (QED) is 0.426. The number of nitrogens with one attached hydrogen (secondary N) is 1. The maximum absolute atomic E-state index is 12.9. The molecule has 0 bridgehead atoms. The average Bonchev–Trinajstić information content (AvgIpc) is 3.36. The maximum Gasteiger partial charge on any atom is 0.223 e. The molecule has 1 N–H and O–H groups in total. The molecule has 0 aliphatic carbocycles. The fourth-order valence-corrected chi connectivity index (χ4v) is 4.56. The van der Waals surface area contributed by atoms with Gasteiger partial charge in [0.2, 0.25) is 5.91 Å². The second-order valence-electron chi connectivity index (χ2n) is 9.04. The van der Waals surface area contributed by atoms with Crippen molar-refractivity contribution in [3.8, 4) is 17.2 Å². The van der Waals surface area contributed by atoms with E-state index in [4.69, 9.17) is 9.47 Å². The van der Waals surface area contributed by atoms with Crippen molar-refractivity contribution in [3.05, 3.63) is 66.1 Å². The molecule has 36 heavy (non-hydrogen) atoms. The van der Waals surface area contributed by atoms with Gasteiger partial charge in [0.25, 0.3) is 0 Å². The molecule has 5 rings (SSSR count). The number of ether oxygens (including phenoxy) is 2. The van der Waals surface area contributed by atoms with Crippen molar-refractivity contribution in [1.82, 2.24) is 25.1 Å². The van der Waals surface area contributed by atoms with Crippen LogP contribution in [0.3, 0.4) is 0 Å². The van der Waals surface area contributed by atoms with Crippen LogP contribution in [0.5, 0.6) is 11.5 Å². The number of amides is 1. The highest BCUT2D eigenvalue weighted by Gasteiger charge is 2.27. The molecule has 9 heteroatoms. The summed E-state index contributed by atoms with van der Waals surface area (Å²) in [5.74, 6) is 2.29. The van der Waals surface area contributed by atoms with Crippen molar-refractivity contribution in [3.63, 3.8) is 0 Å². The number of piperidine rings is 1. The zero-order valence-corrected chi connectivity index (χ0v) is 20.8. The van der Waals surface area contributed by atoms with E-state index in [1.807, 2.05) is 41.2 Å². The molecule has 186 valence electrons. The lowest BCUT2D eigenvalue weighted by molar-refractivity contribution is -0.125. The molecule has 2 aromatic carbocycles. The lowest BCUT2D eigenvalue weighted by atomic mass is 9.95. The zero-order chi connectivity index (χ0) is 25.1. The van der Waals surface area contributed by atoms with Crippen LogP contribution in [0.1, 0.15) is 24.0 Å². The number of methoxy groups -OCH3 is 2. The van der Waals surface area contributed by atoms with Gasteiger partial charge in [-0.05, 0) is 49.6 Å². The van der Waals surface area contributed by atoms with Crippen LogP contribution in [0.2, 0.25) is 0 Å². The SMILES string of the molecule is COc1cc(CNC(=O)C2CCN(c3ncnc4nn(-c5ccc(C)cc5)cc34)CC2)cc(OC)c1. The van der Waals surface area contributed by atoms with E-state index in [0.29, 0.717) is 23.7 Å². The highest BCUT2D eigenvalue weighted by atomic mass is 16.5. The summed E-state index contributed by atoms with van der Waals surface area (Å²) >= 11 is 0. The first-order valence-electron chi connectivity index (χ1n) is 12.1. The zero-order valence-electron chi connectivity index (χ0n) is 20.8. The average molecular weight is 487 g/mol. The predicted molar refractivity (Wildman–Crippen MR) is 138 cm³/mol. The van der Waals surface area contributed by atoms with Gasteiger partial charge in [0, 0.05) is 37.8 Å². The van der Waals surface area contributed by atoms with Crippen LogP contribution in [0, 0.1) is 12.8 Å². The van der Waals surface area contributed by atoms with Crippen molar-refractivity contribution in [2.45, 2.75) is 26.3 Å². The Morgan fingerprint density at radius 3 is 2.39 bits per heavy atom. The van der Waals surface area contributed by atoms with Gasteiger partial charge < -0.3 is 19.7 Å². The smallest absolute Gasteiger partial charge is 0.223 e. The molecular weight excluding hydrogens is 456 g/mol. The third kappa shape index (κ3) is 4.95. The molecule has 0 atom stereocenters. The Labute approximate surface area is 210 Å². The maximum atomic E-state index is 12.9. The van der Waals surface area contributed by atoms with E-state index < -0.39 is 0 Å². The Hall–Kier alpha value is -4.14. The van der Waals surface area contributed by atoms with Gasteiger partial charge in [-0.25, -0.2) is 14.6 Å². The molecule has 1 aliphatic heterocycles. The fourth-order valence-electron chi connectivity index (χ4n) is 4.56. The highest BCUT2D eigenvalue weighted by Crippen LogP contribution is 2.28. The summed E-state index contributed by atoms with van der Waals surface area (Å²) < 4.78 is 12.5. The van der Waals surface area contributed by atoms with Crippen molar-refractivity contribution < 1.29 is 14.3 Å². The van der Waals surface area contributed by atoms with E-state index >= 15 is 0 Å². The highest BCUT2D eigenvalue weighted by molar-refractivity contribution is 5.87. The number of benzene rings is 2. The Morgan fingerprint density at radius 2 is 1.72 bits per heavy atom. The molecule has 2 aromatic heterocycles. The fraction of sp³-hybridized carbons (Fsp3) is 0.333. The standard InChI is InChI=1S/C27H30N6O3/c1-18-4-6-21(7-5-18)33-16-24-25(31-33)29-17-30-26(24)32-10-8-20(9-11-32)27(34)28-15-19-12-22(35-2)14-23(13-19)36-3/h4-7,12-14,16-17,20H,8-11,15H2,1-3H3,(H,28,34). The van der Waals surface area contributed by atoms with Gasteiger partial charge in [-0.2, -0.15) is 0 Å². The van der Waals surface area contributed by atoms with Gasteiger partial charge in [-0.3, -0.25) is 4.79 Å². The number of fused-ring (bicyclic) bond motifs is 1. The lowest BCUT2D eigenvalue weighted by Gasteiger charge is -2.32. The van der Waals surface area contributed by atoms with Crippen LogP contribution in [0.15, 0.2) is 55.0 Å². The summed E-state index contributed by atoms with van der Waals surface area (Å²) in [6.45, 7) is 3.98. The van der Waals surface area contributed by atoms with Gasteiger partial charge in [0.15, 0.2) is 5.65 Å². The van der Waals surface area contributed by atoms with Crippen molar-refractivity contribution in [2.24, 2.45) is 5.92 Å². The first kappa shape index (κ1) is 23.6. The minimum atomic E-state index is -0.0404. The lowest BCUT2D eigenvalue weighted by Crippen LogP contribution is -2.40. The number of rotatable bonds is 7. The Kier molecular flexibility index (Phi) is 6.71. The van der Waals surface area contributed by atoms with Gasteiger partial charge in [0.1, 0.15) is 23.6 Å². The minimum absolute atomic E-state index is 0.0404. The first-order chi connectivity index (χ1) is 17.5. The minimum Gasteiger partial charge on any atom is -0.497 e. The molecule has 0 saturated carbocycles. The van der Waals surface area contributed by atoms with E-state index in [2.05, 4.69) is 44.3 Å². The summed E-state index contributed by atoms with van der Waals surface area (Å²) in [5, 5.41) is 8.63. The third-order valence-corrected chi connectivity index (χ3v) is 6.64. The van der Waals surface area contributed by atoms with E-state index in [1.54, 1.807) is 20.5 Å². The second-order valence-corrected chi connectivity index (χ2v) is 9.04. The van der Waals surface area contributed by atoms with Gasteiger partial charge in [0.05, 0.1) is 25.3 Å². The van der Waals surface area contributed by atoms with Crippen LogP contribution >= 0.6 is 0 Å². The predicted octanol–water partition coefficient (Wildman–Crippen LogP) is 3.67. The molecule has 0 radical (unpaired) electrons. The van der Waals surface area contributed by atoms with Crippen molar-refractivity contribution >= 4 is 22.8 Å². The number of nitrogens with zero attached hydrogens (tertiary/aromatic N) is 5. The molecule has 0 unspecified atom stereocenters. The number of aromatic nitrogens is 4. The first-order valence-corrected chi connectivity index (χ1v) is 12.1. The Bertz CT molecular complexity index is 1340. The number of carbonyl (C=O) groups is 1. The molecule has 1 fully saturated rings. The number of hydrogen-bond acceptors (Lipinski definition) is 7. The van der Waals surface area contributed by atoms with E-state index in [0.717, 1.165) is 48.4 Å². The number of aryl methyl sites for hydroxylation is 1. The number of hydrogen-bond donors (Lipinski definition) is 1. The molecule has 1 aliphatic rings. The van der Waals surface area contributed by atoms with Crippen molar-refractivity contribution in [2.75, 3.05) is 32.2 Å². The summed E-state index contributed by atoms with van der Waals surface area (Å²) in [5.41, 5.74) is 3.78. The van der Waals surface area contributed by atoms with Crippen LogP contribution in [-0.4, -0.2) is 53.0 Å². The van der Waals surface area contributed by atoms with E-state index in [1.165, 1.54) is 5.56 Å². The largest absolute Gasteiger partial charge is 0.497 e. The van der Waals surface area contributed by atoms with E-state index in [-0.39, 0.29) is 11.8 Å². The third-order valence-electron chi connectivity index (χ3n) is 6.64.